The Hall–Kier alpha value is -2.82. The van der Waals surface area contributed by atoms with Crippen molar-refractivity contribution in [2.45, 2.75) is 18.9 Å². The minimum absolute atomic E-state index is 0.0499. The van der Waals surface area contributed by atoms with Gasteiger partial charge in [-0.05, 0) is 17.7 Å². The molecule has 1 unspecified atom stereocenters. The van der Waals surface area contributed by atoms with Crippen LogP contribution in [0.25, 0.3) is 0 Å². The number of carbonyl (C=O) groups is 2. The van der Waals surface area contributed by atoms with Crippen molar-refractivity contribution in [2.75, 3.05) is 19.1 Å². The molecule has 0 fully saturated rings. The van der Waals surface area contributed by atoms with Crippen molar-refractivity contribution in [2.24, 2.45) is 0 Å². The second-order valence-electron chi connectivity index (χ2n) is 5.80. The SMILES string of the molecule is COc1ccccc1CNC(=O)C1CC(=O)N(C)c2ccccc21. The molecule has 1 atom stereocenters. The molecule has 2 amide bonds. The fourth-order valence-corrected chi connectivity index (χ4v) is 3.03. The lowest BCUT2D eigenvalue weighted by Crippen LogP contribution is -2.39. The largest absolute Gasteiger partial charge is 0.496 e. The topological polar surface area (TPSA) is 58.6 Å². The molecule has 1 heterocycles. The first kappa shape index (κ1) is 16.1. The van der Waals surface area contributed by atoms with Gasteiger partial charge in [0.25, 0.3) is 0 Å². The first-order valence-electron chi connectivity index (χ1n) is 7.87. The van der Waals surface area contributed by atoms with Gasteiger partial charge in [0.05, 0.1) is 13.0 Å². The molecular formula is C19H20N2O3. The van der Waals surface area contributed by atoms with Crippen LogP contribution in [0, 0.1) is 0 Å². The number of carbonyl (C=O) groups excluding carboxylic acids is 2. The lowest BCUT2D eigenvalue weighted by molar-refractivity contribution is -0.127. The fraction of sp³-hybridized carbons (Fsp3) is 0.263. The van der Waals surface area contributed by atoms with E-state index in [0.29, 0.717) is 6.54 Å². The van der Waals surface area contributed by atoms with Crippen molar-refractivity contribution in [1.29, 1.82) is 0 Å². The van der Waals surface area contributed by atoms with E-state index in [4.69, 9.17) is 4.74 Å². The van der Waals surface area contributed by atoms with Crippen molar-refractivity contribution >= 4 is 17.5 Å². The van der Waals surface area contributed by atoms with Gasteiger partial charge in [-0.1, -0.05) is 36.4 Å². The van der Waals surface area contributed by atoms with Crippen molar-refractivity contribution in [3.8, 4) is 5.75 Å². The van der Waals surface area contributed by atoms with Gasteiger partial charge in [0.2, 0.25) is 11.8 Å². The van der Waals surface area contributed by atoms with E-state index >= 15 is 0 Å². The number of anilines is 1. The Labute approximate surface area is 141 Å². The zero-order chi connectivity index (χ0) is 17.1. The molecule has 124 valence electrons. The zero-order valence-electron chi connectivity index (χ0n) is 13.8. The van der Waals surface area contributed by atoms with E-state index in [1.807, 2.05) is 48.5 Å². The van der Waals surface area contributed by atoms with Crippen LogP contribution in [0.4, 0.5) is 5.69 Å². The van der Waals surface area contributed by atoms with Crippen molar-refractivity contribution < 1.29 is 14.3 Å². The lowest BCUT2D eigenvalue weighted by Gasteiger charge is -2.30. The first-order chi connectivity index (χ1) is 11.6. The summed E-state index contributed by atoms with van der Waals surface area (Å²) >= 11 is 0. The number of benzene rings is 2. The number of nitrogens with zero attached hydrogens (tertiary/aromatic N) is 1. The van der Waals surface area contributed by atoms with Crippen molar-refractivity contribution in [3.05, 3.63) is 59.7 Å². The third kappa shape index (κ3) is 2.97. The maximum absolute atomic E-state index is 12.7. The molecular weight excluding hydrogens is 304 g/mol. The Morgan fingerprint density at radius 1 is 1.21 bits per heavy atom. The first-order valence-corrected chi connectivity index (χ1v) is 7.87. The number of hydrogen-bond acceptors (Lipinski definition) is 3. The Bertz CT molecular complexity index is 773. The normalized spacial score (nSPS) is 16.5. The quantitative estimate of drug-likeness (QED) is 0.940. The number of hydrogen-bond donors (Lipinski definition) is 1. The molecule has 0 spiro atoms. The van der Waals surface area contributed by atoms with E-state index in [0.717, 1.165) is 22.6 Å². The second-order valence-corrected chi connectivity index (χ2v) is 5.80. The highest BCUT2D eigenvalue weighted by Crippen LogP contribution is 2.35. The standard InChI is InChI=1S/C19H20N2O3/c1-21-16-9-5-4-8-14(16)15(11-18(21)22)19(23)20-12-13-7-3-6-10-17(13)24-2/h3-10,15H,11-12H2,1-2H3,(H,20,23). The van der Waals surface area contributed by atoms with E-state index in [1.54, 1.807) is 19.1 Å². The van der Waals surface area contributed by atoms with Crippen LogP contribution in [-0.2, 0) is 16.1 Å². The molecule has 1 aliphatic heterocycles. The number of para-hydroxylation sites is 2. The van der Waals surface area contributed by atoms with E-state index in [1.165, 1.54) is 0 Å². The van der Waals surface area contributed by atoms with Crippen LogP contribution < -0.4 is 15.0 Å². The highest BCUT2D eigenvalue weighted by Gasteiger charge is 2.33. The van der Waals surface area contributed by atoms with E-state index in [-0.39, 0.29) is 18.2 Å². The number of amides is 2. The molecule has 0 bridgehead atoms. The van der Waals surface area contributed by atoms with Gasteiger partial charge in [0, 0.05) is 31.3 Å². The summed E-state index contributed by atoms with van der Waals surface area (Å²) in [4.78, 5) is 26.4. The molecule has 0 radical (unpaired) electrons. The third-order valence-electron chi connectivity index (χ3n) is 4.39. The fourth-order valence-electron chi connectivity index (χ4n) is 3.03. The van der Waals surface area contributed by atoms with Crippen LogP contribution in [0.2, 0.25) is 0 Å². The molecule has 2 aromatic rings. The van der Waals surface area contributed by atoms with Crippen LogP contribution in [0.15, 0.2) is 48.5 Å². The molecule has 1 aliphatic rings. The predicted octanol–water partition coefficient (Wildman–Crippen LogP) is 2.46. The minimum atomic E-state index is -0.459. The summed E-state index contributed by atoms with van der Waals surface area (Å²) in [7, 11) is 3.34. The average molecular weight is 324 g/mol. The van der Waals surface area contributed by atoms with Gasteiger partial charge in [-0.15, -0.1) is 0 Å². The maximum atomic E-state index is 12.7. The molecule has 0 saturated heterocycles. The summed E-state index contributed by atoms with van der Waals surface area (Å²) in [6.45, 7) is 0.367. The van der Waals surface area contributed by atoms with E-state index < -0.39 is 5.92 Å². The molecule has 0 saturated carbocycles. The van der Waals surface area contributed by atoms with E-state index in [2.05, 4.69) is 5.32 Å². The molecule has 2 aromatic carbocycles. The molecule has 5 nitrogen and oxygen atoms in total. The van der Waals surface area contributed by atoms with E-state index in [9.17, 15) is 9.59 Å². The van der Waals surface area contributed by atoms with Gasteiger partial charge in [0.1, 0.15) is 5.75 Å². The van der Waals surface area contributed by atoms with Crippen molar-refractivity contribution in [3.63, 3.8) is 0 Å². The van der Waals surface area contributed by atoms with Crippen LogP contribution in [-0.4, -0.2) is 26.0 Å². The third-order valence-corrected chi connectivity index (χ3v) is 4.39. The van der Waals surface area contributed by atoms with Gasteiger partial charge >= 0.3 is 0 Å². The number of fused-ring (bicyclic) bond motifs is 1. The predicted molar refractivity (Wildman–Crippen MR) is 92.1 cm³/mol. The zero-order valence-corrected chi connectivity index (χ0v) is 13.8. The van der Waals surface area contributed by atoms with Gasteiger partial charge in [-0.25, -0.2) is 0 Å². The van der Waals surface area contributed by atoms with Gasteiger partial charge in [-0.2, -0.15) is 0 Å². The van der Waals surface area contributed by atoms with Gasteiger partial charge in [-0.3, -0.25) is 9.59 Å². The summed E-state index contributed by atoms with van der Waals surface area (Å²) in [5.41, 5.74) is 2.59. The summed E-state index contributed by atoms with van der Waals surface area (Å²) < 4.78 is 5.30. The summed E-state index contributed by atoms with van der Waals surface area (Å²) in [5.74, 6) is 0.0817. The number of methoxy groups -OCH3 is 1. The molecule has 1 N–H and O–H groups in total. The van der Waals surface area contributed by atoms with Gasteiger partial charge in [0.15, 0.2) is 0 Å². The van der Waals surface area contributed by atoms with Crippen LogP contribution in [0.3, 0.4) is 0 Å². The Morgan fingerprint density at radius 3 is 2.71 bits per heavy atom. The van der Waals surface area contributed by atoms with Crippen LogP contribution in [0.5, 0.6) is 5.75 Å². The summed E-state index contributed by atoms with van der Waals surface area (Å²) in [6, 6.07) is 15.1. The smallest absolute Gasteiger partial charge is 0.228 e. The summed E-state index contributed by atoms with van der Waals surface area (Å²) in [5, 5.41) is 2.93. The second kappa shape index (κ2) is 6.74. The Kier molecular flexibility index (Phi) is 4.51. The molecule has 24 heavy (non-hydrogen) atoms. The average Bonchev–Trinajstić information content (AvgIpc) is 2.63. The Balaban J connectivity index is 1.78. The van der Waals surface area contributed by atoms with Gasteiger partial charge < -0.3 is 15.0 Å². The molecule has 3 rings (SSSR count). The molecule has 0 aliphatic carbocycles. The highest BCUT2D eigenvalue weighted by atomic mass is 16.5. The van der Waals surface area contributed by atoms with Crippen molar-refractivity contribution in [1.82, 2.24) is 5.32 Å². The highest BCUT2D eigenvalue weighted by molar-refractivity contribution is 6.02. The summed E-state index contributed by atoms with van der Waals surface area (Å²) in [6.07, 6.45) is 0.186. The molecule has 0 aromatic heterocycles. The number of rotatable bonds is 4. The van der Waals surface area contributed by atoms with Crippen LogP contribution in [0.1, 0.15) is 23.5 Å². The maximum Gasteiger partial charge on any atom is 0.228 e. The molecule has 5 heteroatoms. The lowest BCUT2D eigenvalue weighted by atomic mass is 9.89. The number of ether oxygens (including phenoxy) is 1. The minimum Gasteiger partial charge on any atom is -0.496 e. The Morgan fingerprint density at radius 2 is 1.92 bits per heavy atom. The monoisotopic (exact) mass is 324 g/mol. The van der Waals surface area contributed by atoms with Crippen LogP contribution >= 0.6 is 0 Å². The number of nitrogens with one attached hydrogen (secondary N) is 1.